The van der Waals surface area contributed by atoms with Gasteiger partial charge in [0.05, 0.1) is 5.92 Å². The van der Waals surface area contributed by atoms with E-state index in [0.717, 1.165) is 24.3 Å². The molecule has 8 heteroatoms. The summed E-state index contributed by atoms with van der Waals surface area (Å²) in [5, 5.41) is 3.55. The highest BCUT2D eigenvalue weighted by Crippen LogP contribution is 2.33. The first-order chi connectivity index (χ1) is 11.3. The number of carbonyl (C=O) groups is 4. The molecule has 2 heterocycles. The summed E-state index contributed by atoms with van der Waals surface area (Å²) in [7, 11) is 0. The van der Waals surface area contributed by atoms with Crippen LogP contribution in [0.5, 0.6) is 0 Å². The molecule has 2 N–H and O–H groups in total. The van der Waals surface area contributed by atoms with Crippen LogP contribution in [0.15, 0.2) is 0 Å². The van der Waals surface area contributed by atoms with Gasteiger partial charge in [0.15, 0.2) is 0 Å². The molecule has 3 aliphatic rings. The van der Waals surface area contributed by atoms with E-state index in [1.54, 1.807) is 4.90 Å². The molecule has 2 saturated heterocycles. The van der Waals surface area contributed by atoms with Gasteiger partial charge in [-0.3, -0.25) is 19.8 Å². The summed E-state index contributed by atoms with van der Waals surface area (Å²) in [4.78, 5) is 50.8. The minimum absolute atomic E-state index is 0.0255. The Morgan fingerprint density at radius 2 is 1.88 bits per heavy atom. The first-order valence-corrected chi connectivity index (χ1v) is 8.61. The number of likely N-dealkylation sites (tertiary alicyclic amines) is 1. The number of imide groups is 1. The monoisotopic (exact) mass is 336 g/mol. The summed E-state index contributed by atoms with van der Waals surface area (Å²) < 4.78 is 0. The summed E-state index contributed by atoms with van der Waals surface area (Å²) in [5.41, 5.74) is 1.56. The molecule has 1 spiro atoms. The molecule has 24 heavy (non-hydrogen) atoms. The van der Waals surface area contributed by atoms with Crippen LogP contribution in [-0.4, -0.2) is 51.8 Å². The van der Waals surface area contributed by atoms with Gasteiger partial charge < -0.3 is 10.2 Å². The Bertz CT molecular complexity index is 583. The molecule has 5 amide bonds. The quantitative estimate of drug-likeness (QED) is 0.734. The number of urea groups is 1. The summed E-state index contributed by atoms with van der Waals surface area (Å²) in [6, 6.07) is -0.558. The molecule has 1 aliphatic carbocycles. The lowest BCUT2D eigenvalue weighted by molar-refractivity contribution is -0.141. The van der Waals surface area contributed by atoms with Crippen molar-refractivity contribution >= 4 is 23.8 Å². The third-order valence-electron chi connectivity index (χ3n) is 5.24. The lowest BCUT2D eigenvalue weighted by Crippen LogP contribution is -2.52. The van der Waals surface area contributed by atoms with Crippen LogP contribution < -0.4 is 10.7 Å². The maximum atomic E-state index is 12.6. The van der Waals surface area contributed by atoms with Gasteiger partial charge in [-0.1, -0.05) is 19.3 Å². The number of amides is 5. The summed E-state index contributed by atoms with van der Waals surface area (Å²) in [6.45, 7) is 4.10. The van der Waals surface area contributed by atoms with Crippen LogP contribution in [0, 0.1) is 5.92 Å². The van der Waals surface area contributed by atoms with Gasteiger partial charge in [-0.15, -0.1) is 0 Å². The first kappa shape index (κ1) is 16.7. The molecule has 0 radical (unpaired) electrons. The van der Waals surface area contributed by atoms with Crippen molar-refractivity contribution in [3.8, 4) is 0 Å². The van der Waals surface area contributed by atoms with E-state index < -0.39 is 23.4 Å². The lowest BCUT2D eigenvalue weighted by Gasteiger charge is -2.30. The smallest absolute Gasteiger partial charge is 0.339 e. The SMILES string of the molecule is CC(C)N1C[C@H](C(=O)NN2C(=O)NC3(CCCCC3)C2=O)CC1=O. The van der Waals surface area contributed by atoms with Crippen molar-refractivity contribution < 1.29 is 19.2 Å². The second-order valence-electron chi connectivity index (χ2n) is 7.23. The zero-order chi connectivity index (χ0) is 17.5. The van der Waals surface area contributed by atoms with Crippen molar-refractivity contribution in [3.63, 3.8) is 0 Å². The zero-order valence-electron chi connectivity index (χ0n) is 14.1. The maximum Gasteiger partial charge on any atom is 0.344 e. The fraction of sp³-hybridized carbons (Fsp3) is 0.750. The lowest BCUT2D eigenvalue weighted by atomic mass is 9.82. The zero-order valence-corrected chi connectivity index (χ0v) is 14.1. The van der Waals surface area contributed by atoms with E-state index in [0.29, 0.717) is 19.4 Å². The minimum Gasteiger partial charge on any atom is -0.339 e. The number of hydrazine groups is 1. The van der Waals surface area contributed by atoms with Crippen LogP contribution in [-0.2, 0) is 14.4 Å². The molecule has 0 aromatic rings. The van der Waals surface area contributed by atoms with Crippen molar-refractivity contribution in [3.05, 3.63) is 0 Å². The number of carbonyl (C=O) groups excluding carboxylic acids is 4. The summed E-state index contributed by atoms with van der Waals surface area (Å²) >= 11 is 0. The summed E-state index contributed by atoms with van der Waals surface area (Å²) in [6.07, 6.45) is 4.13. The van der Waals surface area contributed by atoms with Crippen LogP contribution in [0.2, 0.25) is 0 Å². The van der Waals surface area contributed by atoms with Crippen molar-refractivity contribution in [2.45, 2.75) is 64.0 Å². The predicted molar refractivity (Wildman–Crippen MR) is 84.3 cm³/mol. The maximum absolute atomic E-state index is 12.6. The molecule has 3 fully saturated rings. The molecular weight excluding hydrogens is 312 g/mol. The largest absolute Gasteiger partial charge is 0.344 e. The molecule has 8 nitrogen and oxygen atoms in total. The van der Waals surface area contributed by atoms with E-state index in [4.69, 9.17) is 0 Å². The van der Waals surface area contributed by atoms with Crippen LogP contribution in [0.25, 0.3) is 0 Å². The third-order valence-corrected chi connectivity index (χ3v) is 5.24. The highest BCUT2D eigenvalue weighted by atomic mass is 16.2. The van der Waals surface area contributed by atoms with Crippen molar-refractivity contribution in [2.24, 2.45) is 5.92 Å². The van der Waals surface area contributed by atoms with Gasteiger partial charge in [-0.25, -0.2) is 4.79 Å². The third kappa shape index (κ3) is 2.74. The van der Waals surface area contributed by atoms with Gasteiger partial charge >= 0.3 is 6.03 Å². The number of nitrogens with zero attached hydrogens (tertiary/aromatic N) is 2. The second-order valence-corrected chi connectivity index (χ2v) is 7.23. The molecule has 1 saturated carbocycles. The predicted octanol–water partition coefficient (Wildman–Crippen LogP) is 0.529. The summed E-state index contributed by atoms with van der Waals surface area (Å²) in [5.74, 6) is -1.46. The average Bonchev–Trinajstić information content (AvgIpc) is 3.03. The molecular formula is C16H24N4O4. The number of nitrogens with one attached hydrogen (secondary N) is 2. The minimum atomic E-state index is -0.863. The molecule has 0 bridgehead atoms. The van der Waals surface area contributed by atoms with E-state index in [9.17, 15) is 19.2 Å². The highest BCUT2D eigenvalue weighted by molar-refractivity contribution is 6.08. The Balaban J connectivity index is 1.66. The van der Waals surface area contributed by atoms with Crippen LogP contribution in [0.4, 0.5) is 4.79 Å². The number of hydrogen-bond donors (Lipinski definition) is 2. The van der Waals surface area contributed by atoms with Crippen molar-refractivity contribution in [1.82, 2.24) is 20.7 Å². The fourth-order valence-corrected chi connectivity index (χ4v) is 3.82. The van der Waals surface area contributed by atoms with E-state index in [1.165, 1.54) is 0 Å². The Morgan fingerprint density at radius 1 is 1.21 bits per heavy atom. The fourth-order valence-electron chi connectivity index (χ4n) is 3.82. The average molecular weight is 336 g/mol. The van der Waals surface area contributed by atoms with Crippen molar-refractivity contribution in [1.29, 1.82) is 0 Å². The standard InChI is InChI=1S/C16H24N4O4/c1-10(2)19-9-11(8-12(19)21)13(22)18-20-14(23)16(17-15(20)24)6-4-3-5-7-16/h10-11H,3-9H2,1-2H3,(H,17,24)(H,18,22)/t11-/m1/s1. The van der Waals surface area contributed by atoms with Crippen LogP contribution >= 0.6 is 0 Å². The van der Waals surface area contributed by atoms with E-state index in [1.807, 2.05) is 13.8 Å². The van der Waals surface area contributed by atoms with Crippen LogP contribution in [0.3, 0.4) is 0 Å². The Labute approximate surface area is 140 Å². The Morgan fingerprint density at radius 3 is 2.46 bits per heavy atom. The normalized spacial score (nSPS) is 26.5. The van der Waals surface area contributed by atoms with Crippen LogP contribution in [0.1, 0.15) is 52.4 Å². The molecule has 0 aromatic heterocycles. The Kier molecular flexibility index (Phi) is 4.23. The van der Waals surface area contributed by atoms with Gasteiger partial charge in [0.1, 0.15) is 5.54 Å². The van der Waals surface area contributed by atoms with Gasteiger partial charge in [0.2, 0.25) is 11.8 Å². The van der Waals surface area contributed by atoms with Gasteiger partial charge in [-0.2, -0.15) is 5.01 Å². The molecule has 2 aliphatic heterocycles. The molecule has 1 atom stereocenters. The molecule has 0 unspecified atom stereocenters. The van der Waals surface area contributed by atoms with Gasteiger partial charge in [0, 0.05) is 19.0 Å². The number of hydrogen-bond acceptors (Lipinski definition) is 4. The van der Waals surface area contributed by atoms with E-state index in [-0.39, 0.29) is 24.3 Å². The van der Waals surface area contributed by atoms with E-state index >= 15 is 0 Å². The second kappa shape index (κ2) is 6.07. The molecule has 3 rings (SSSR count). The topological polar surface area (TPSA) is 98.8 Å². The van der Waals surface area contributed by atoms with E-state index in [2.05, 4.69) is 10.7 Å². The van der Waals surface area contributed by atoms with Gasteiger partial charge in [-0.05, 0) is 26.7 Å². The van der Waals surface area contributed by atoms with Crippen molar-refractivity contribution in [2.75, 3.05) is 6.54 Å². The first-order valence-electron chi connectivity index (χ1n) is 8.61. The Hall–Kier alpha value is -2.12. The van der Waals surface area contributed by atoms with Gasteiger partial charge in [0.25, 0.3) is 5.91 Å². The number of rotatable bonds is 3. The highest BCUT2D eigenvalue weighted by Gasteiger charge is 2.52. The molecule has 132 valence electrons. The molecule has 0 aromatic carbocycles.